The van der Waals surface area contributed by atoms with Crippen LogP contribution >= 0.6 is 11.3 Å². The van der Waals surface area contributed by atoms with Crippen LogP contribution in [0.2, 0.25) is 0 Å². The van der Waals surface area contributed by atoms with E-state index < -0.39 is 0 Å². The average molecular weight is 252 g/mol. The predicted octanol–water partition coefficient (Wildman–Crippen LogP) is 1.49. The summed E-state index contributed by atoms with van der Waals surface area (Å²) in [6.45, 7) is 1.98. The molecule has 1 aromatic rings. The second-order valence-corrected chi connectivity index (χ2v) is 5.02. The van der Waals surface area contributed by atoms with Gasteiger partial charge in [0.25, 0.3) is 5.91 Å². The van der Waals surface area contributed by atoms with Crippen LogP contribution in [0.5, 0.6) is 0 Å². The first-order valence-electron chi connectivity index (χ1n) is 5.87. The number of hydrogen-bond acceptors (Lipinski definition) is 3. The number of hydrogen-bond donors (Lipinski definition) is 1. The van der Waals surface area contributed by atoms with Gasteiger partial charge >= 0.3 is 0 Å². The highest BCUT2D eigenvalue weighted by molar-refractivity contribution is 7.12. The van der Waals surface area contributed by atoms with E-state index in [0.29, 0.717) is 19.5 Å². The molecule has 2 rings (SSSR count). The molecule has 1 aliphatic rings. The summed E-state index contributed by atoms with van der Waals surface area (Å²) in [6, 6.07) is 3.65. The van der Waals surface area contributed by atoms with E-state index in [0.717, 1.165) is 24.3 Å². The number of piperidine rings is 1. The Morgan fingerprint density at radius 1 is 1.47 bits per heavy atom. The summed E-state index contributed by atoms with van der Waals surface area (Å²) in [5.41, 5.74) is 0. The quantitative estimate of drug-likeness (QED) is 0.882. The first-order valence-corrected chi connectivity index (χ1v) is 6.75. The van der Waals surface area contributed by atoms with Crippen LogP contribution in [0.4, 0.5) is 0 Å². The van der Waals surface area contributed by atoms with Crippen molar-refractivity contribution in [2.45, 2.75) is 19.3 Å². The van der Waals surface area contributed by atoms with Crippen LogP contribution in [0.1, 0.15) is 28.9 Å². The van der Waals surface area contributed by atoms with Crippen molar-refractivity contribution in [3.8, 4) is 0 Å². The van der Waals surface area contributed by atoms with E-state index >= 15 is 0 Å². The third-order valence-electron chi connectivity index (χ3n) is 2.83. The minimum atomic E-state index is -0.0514. The van der Waals surface area contributed by atoms with Gasteiger partial charge in [-0.2, -0.15) is 0 Å². The Balaban J connectivity index is 1.72. The van der Waals surface area contributed by atoms with Gasteiger partial charge in [0.2, 0.25) is 5.91 Å². The number of carbonyl (C=O) groups excluding carboxylic acids is 2. The minimum Gasteiger partial charge on any atom is -0.350 e. The van der Waals surface area contributed by atoms with Gasteiger partial charge in [-0.15, -0.1) is 11.3 Å². The molecule has 1 saturated heterocycles. The number of likely N-dealkylation sites (tertiary alicyclic amines) is 1. The molecular weight excluding hydrogens is 236 g/mol. The van der Waals surface area contributed by atoms with Crippen molar-refractivity contribution in [1.82, 2.24) is 10.2 Å². The number of carbonyl (C=O) groups is 2. The molecule has 0 aliphatic carbocycles. The summed E-state index contributed by atoms with van der Waals surface area (Å²) in [5.74, 6) is 0.158. The highest BCUT2D eigenvalue weighted by Gasteiger charge is 2.17. The van der Waals surface area contributed by atoms with Crippen LogP contribution in [0.15, 0.2) is 17.5 Å². The summed E-state index contributed by atoms with van der Waals surface area (Å²) < 4.78 is 0. The first-order chi connectivity index (χ1) is 8.27. The molecule has 0 atom stereocenters. The SMILES string of the molecule is O=C(NCCN1CCCCC1=O)c1cccs1. The van der Waals surface area contributed by atoms with Crippen molar-refractivity contribution in [3.63, 3.8) is 0 Å². The fourth-order valence-corrected chi connectivity index (χ4v) is 2.54. The molecule has 5 heteroatoms. The summed E-state index contributed by atoms with van der Waals surface area (Å²) in [5, 5.41) is 4.71. The van der Waals surface area contributed by atoms with Gasteiger partial charge in [0.1, 0.15) is 0 Å². The summed E-state index contributed by atoms with van der Waals surface area (Å²) in [4.78, 5) is 25.7. The molecule has 0 unspecified atom stereocenters. The molecule has 0 aromatic carbocycles. The van der Waals surface area contributed by atoms with Crippen LogP contribution in [0.3, 0.4) is 0 Å². The third kappa shape index (κ3) is 3.30. The second-order valence-electron chi connectivity index (χ2n) is 4.07. The Morgan fingerprint density at radius 2 is 2.35 bits per heavy atom. The van der Waals surface area contributed by atoms with Gasteiger partial charge in [0, 0.05) is 26.1 Å². The Bertz CT molecular complexity index is 389. The first kappa shape index (κ1) is 12.1. The molecule has 1 N–H and O–H groups in total. The maximum Gasteiger partial charge on any atom is 0.261 e. The standard InChI is InChI=1S/C12H16N2O2S/c15-11-5-1-2-7-14(11)8-6-13-12(16)10-4-3-9-17-10/h3-4,9H,1-2,5-8H2,(H,13,16). The number of amides is 2. The Morgan fingerprint density at radius 3 is 3.06 bits per heavy atom. The van der Waals surface area contributed by atoms with E-state index in [9.17, 15) is 9.59 Å². The zero-order valence-electron chi connectivity index (χ0n) is 9.65. The largest absolute Gasteiger partial charge is 0.350 e. The smallest absolute Gasteiger partial charge is 0.261 e. The van der Waals surface area contributed by atoms with E-state index in [1.807, 2.05) is 16.3 Å². The fourth-order valence-electron chi connectivity index (χ4n) is 1.90. The molecule has 1 aliphatic heterocycles. The van der Waals surface area contributed by atoms with Crippen LogP contribution in [-0.2, 0) is 4.79 Å². The molecule has 2 amide bonds. The molecule has 92 valence electrons. The fraction of sp³-hybridized carbons (Fsp3) is 0.500. The van der Waals surface area contributed by atoms with Crippen molar-refractivity contribution in [2.24, 2.45) is 0 Å². The zero-order valence-corrected chi connectivity index (χ0v) is 10.5. The van der Waals surface area contributed by atoms with E-state index in [2.05, 4.69) is 5.32 Å². The molecule has 1 fully saturated rings. The Hall–Kier alpha value is -1.36. The summed E-state index contributed by atoms with van der Waals surface area (Å²) >= 11 is 1.43. The summed E-state index contributed by atoms with van der Waals surface area (Å²) in [6.07, 6.45) is 2.72. The Kier molecular flexibility index (Phi) is 4.14. The maximum atomic E-state index is 11.6. The average Bonchev–Trinajstić information content (AvgIpc) is 2.85. The molecule has 0 spiro atoms. The highest BCUT2D eigenvalue weighted by atomic mass is 32.1. The van der Waals surface area contributed by atoms with E-state index in [-0.39, 0.29) is 11.8 Å². The molecule has 4 nitrogen and oxygen atoms in total. The molecule has 17 heavy (non-hydrogen) atoms. The molecule has 0 bridgehead atoms. The van der Waals surface area contributed by atoms with Crippen LogP contribution in [-0.4, -0.2) is 36.3 Å². The molecule has 0 saturated carbocycles. The van der Waals surface area contributed by atoms with Gasteiger partial charge in [-0.25, -0.2) is 0 Å². The van der Waals surface area contributed by atoms with Gasteiger partial charge in [0.05, 0.1) is 4.88 Å². The Labute approximate surface area is 105 Å². The number of nitrogens with one attached hydrogen (secondary N) is 1. The van der Waals surface area contributed by atoms with Crippen LogP contribution < -0.4 is 5.32 Å². The van der Waals surface area contributed by atoms with Gasteiger partial charge < -0.3 is 10.2 Å². The van der Waals surface area contributed by atoms with Gasteiger partial charge in [-0.1, -0.05) is 6.07 Å². The zero-order chi connectivity index (χ0) is 12.1. The second kappa shape index (κ2) is 5.82. The maximum absolute atomic E-state index is 11.6. The molecule has 1 aromatic heterocycles. The molecule has 2 heterocycles. The van der Waals surface area contributed by atoms with Gasteiger partial charge in [-0.3, -0.25) is 9.59 Å². The summed E-state index contributed by atoms with van der Waals surface area (Å²) in [7, 11) is 0. The van der Waals surface area contributed by atoms with Crippen molar-refractivity contribution >= 4 is 23.2 Å². The van der Waals surface area contributed by atoms with Gasteiger partial charge in [-0.05, 0) is 24.3 Å². The molecular formula is C12H16N2O2S. The van der Waals surface area contributed by atoms with Gasteiger partial charge in [0.15, 0.2) is 0 Å². The van der Waals surface area contributed by atoms with E-state index in [1.165, 1.54) is 11.3 Å². The van der Waals surface area contributed by atoms with E-state index in [1.54, 1.807) is 6.07 Å². The van der Waals surface area contributed by atoms with Crippen molar-refractivity contribution < 1.29 is 9.59 Å². The number of thiophene rings is 1. The predicted molar refractivity (Wildman–Crippen MR) is 67.1 cm³/mol. The lowest BCUT2D eigenvalue weighted by Crippen LogP contribution is -2.40. The lowest BCUT2D eigenvalue weighted by Gasteiger charge is -2.26. The van der Waals surface area contributed by atoms with Crippen molar-refractivity contribution in [3.05, 3.63) is 22.4 Å². The third-order valence-corrected chi connectivity index (χ3v) is 3.70. The number of rotatable bonds is 4. The normalized spacial score (nSPS) is 16.0. The lowest BCUT2D eigenvalue weighted by molar-refractivity contribution is -0.133. The van der Waals surface area contributed by atoms with Crippen LogP contribution in [0, 0.1) is 0 Å². The lowest BCUT2D eigenvalue weighted by atomic mass is 10.1. The highest BCUT2D eigenvalue weighted by Crippen LogP contribution is 2.10. The monoisotopic (exact) mass is 252 g/mol. The van der Waals surface area contributed by atoms with E-state index in [4.69, 9.17) is 0 Å². The topological polar surface area (TPSA) is 49.4 Å². The van der Waals surface area contributed by atoms with Crippen LogP contribution in [0.25, 0.3) is 0 Å². The van der Waals surface area contributed by atoms with Crippen molar-refractivity contribution in [1.29, 1.82) is 0 Å². The van der Waals surface area contributed by atoms with Crippen molar-refractivity contribution in [2.75, 3.05) is 19.6 Å². The number of nitrogens with zero attached hydrogens (tertiary/aromatic N) is 1. The molecule has 0 radical (unpaired) electrons. The minimum absolute atomic E-state index is 0.0514.